The quantitative estimate of drug-likeness (QED) is 0.636. The lowest BCUT2D eigenvalue weighted by molar-refractivity contribution is 0.307. The van der Waals surface area contributed by atoms with Crippen molar-refractivity contribution in [2.45, 2.75) is 22.3 Å². The van der Waals surface area contributed by atoms with Gasteiger partial charge in [-0.15, -0.1) is 0 Å². The average Bonchev–Trinajstić information content (AvgIpc) is 2.78. The summed E-state index contributed by atoms with van der Waals surface area (Å²) in [5.41, 5.74) is 1.85. The van der Waals surface area contributed by atoms with Crippen LogP contribution in [0.5, 0.6) is 0 Å². The predicted molar refractivity (Wildman–Crippen MR) is 115 cm³/mol. The highest BCUT2D eigenvalue weighted by molar-refractivity contribution is 7.89. The lowest BCUT2D eigenvalue weighted by atomic mass is 9.94. The molecule has 0 unspecified atom stereocenters. The molecule has 30 heavy (non-hydrogen) atoms. The van der Waals surface area contributed by atoms with Crippen molar-refractivity contribution < 1.29 is 16.8 Å². The second kappa shape index (κ2) is 8.31. The van der Waals surface area contributed by atoms with Crippen molar-refractivity contribution >= 4 is 20.0 Å². The lowest BCUT2D eigenvalue weighted by Crippen LogP contribution is -2.45. The van der Waals surface area contributed by atoms with Gasteiger partial charge < -0.3 is 0 Å². The van der Waals surface area contributed by atoms with Crippen LogP contribution in [-0.4, -0.2) is 34.2 Å². The smallest absolute Gasteiger partial charge is 0.209 e. The molecule has 156 valence electrons. The molecule has 8 heteroatoms. The molecule has 4 rings (SSSR count). The summed E-state index contributed by atoms with van der Waals surface area (Å²) in [6.45, 7) is 0.228. The second-order valence-corrected chi connectivity index (χ2v) is 10.7. The molecular formula is C22H22N2O4S2. The van der Waals surface area contributed by atoms with Gasteiger partial charge in [-0.3, -0.25) is 0 Å². The van der Waals surface area contributed by atoms with E-state index < -0.39 is 26.1 Å². The number of nitrogens with zero attached hydrogens (tertiary/aromatic N) is 1. The van der Waals surface area contributed by atoms with Crippen molar-refractivity contribution in [3.8, 4) is 0 Å². The van der Waals surface area contributed by atoms with Crippen molar-refractivity contribution in [2.24, 2.45) is 0 Å². The monoisotopic (exact) mass is 442 g/mol. The fourth-order valence-corrected chi connectivity index (χ4v) is 6.41. The van der Waals surface area contributed by atoms with Gasteiger partial charge in [-0.2, -0.15) is 4.31 Å². The summed E-state index contributed by atoms with van der Waals surface area (Å²) in [6, 6.07) is 23.2. The van der Waals surface area contributed by atoms with Gasteiger partial charge in [0.2, 0.25) is 20.0 Å². The van der Waals surface area contributed by atoms with Crippen LogP contribution in [0.15, 0.2) is 94.7 Å². The Kier molecular flexibility index (Phi) is 5.75. The maximum Gasteiger partial charge on any atom is 0.243 e. The van der Waals surface area contributed by atoms with Crippen LogP contribution in [0.4, 0.5) is 0 Å². The molecule has 3 aromatic carbocycles. The number of sulfonamides is 2. The molecule has 6 nitrogen and oxygen atoms in total. The number of benzene rings is 3. The zero-order valence-corrected chi connectivity index (χ0v) is 17.8. The summed E-state index contributed by atoms with van der Waals surface area (Å²) in [5, 5.41) is 0. The Morgan fingerprint density at radius 3 is 2.00 bits per heavy atom. The van der Waals surface area contributed by atoms with Crippen LogP contribution in [0.25, 0.3) is 0 Å². The van der Waals surface area contributed by atoms with Crippen molar-refractivity contribution in [3.05, 3.63) is 96.1 Å². The molecule has 0 bridgehead atoms. The zero-order valence-electron chi connectivity index (χ0n) is 16.2. The summed E-state index contributed by atoms with van der Waals surface area (Å²) in [4.78, 5) is 0.340. The lowest BCUT2D eigenvalue weighted by Gasteiger charge is -2.36. The normalized spacial score (nSPS) is 17.4. The highest BCUT2D eigenvalue weighted by Crippen LogP contribution is 2.34. The Hall–Kier alpha value is -2.52. The standard InChI is InChI=1S/C22H22N2O4S2/c25-29(26,19-10-3-1-4-11-19)23-17-22-21-14-8-7-9-18(21)15-16-24(22)30(27,28)20-12-5-2-6-13-20/h1-14,22-23H,15-17H2/t22-/m0/s1. The Morgan fingerprint density at radius 2 is 1.33 bits per heavy atom. The minimum Gasteiger partial charge on any atom is -0.209 e. The number of nitrogens with one attached hydrogen (secondary N) is 1. The largest absolute Gasteiger partial charge is 0.243 e. The molecule has 0 aliphatic carbocycles. The average molecular weight is 443 g/mol. The first-order chi connectivity index (χ1) is 14.4. The number of fused-ring (bicyclic) bond motifs is 1. The van der Waals surface area contributed by atoms with Crippen LogP contribution >= 0.6 is 0 Å². The molecule has 3 aromatic rings. The third-order valence-electron chi connectivity index (χ3n) is 5.23. The summed E-state index contributed by atoms with van der Waals surface area (Å²) in [5.74, 6) is 0. The van der Waals surface area contributed by atoms with Gasteiger partial charge in [0.1, 0.15) is 0 Å². The van der Waals surface area contributed by atoms with Crippen molar-refractivity contribution in [1.29, 1.82) is 0 Å². The molecule has 0 radical (unpaired) electrons. The maximum atomic E-state index is 13.4. The Morgan fingerprint density at radius 1 is 0.767 bits per heavy atom. The van der Waals surface area contributed by atoms with Gasteiger partial charge in [0.25, 0.3) is 0 Å². The first-order valence-corrected chi connectivity index (χ1v) is 12.5. The fraction of sp³-hybridized carbons (Fsp3) is 0.182. The van der Waals surface area contributed by atoms with Crippen molar-refractivity contribution in [1.82, 2.24) is 9.03 Å². The first-order valence-electron chi connectivity index (χ1n) is 9.59. The van der Waals surface area contributed by atoms with Crippen LogP contribution in [0, 0.1) is 0 Å². The van der Waals surface area contributed by atoms with Crippen LogP contribution in [0.2, 0.25) is 0 Å². The molecule has 0 saturated carbocycles. The molecule has 0 fully saturated rings. The number of rotatable bonds is 6. The Labute approximate surface area is 177 Å². The van der Waals surface area contributed by atoms with Gasteiger partial charge in [-0.1, -0.05) is 60.7 Å². The summed E-state index contributed by atoms with van der Waals surface area (Å²) >= 11 is 0. The molecule has 1 heterocycles. The van der Waals surface area contributed by atoms with Crippen molar-refractivity contribution in [3.63, 3.8) is 0 Å². The van der Waals surface area contributed by atoms with Crippen LogP contribution in [0.3, 0.4) is 0 Å². The van der Waals surface area contributed by atoms with Crippen LogP contribution in [-0.2, 0) is 26.5 Å². The first kappa shape index (κ1) is 20.7. The highest BCUT2D eigenvalue weighted by Gasteiger charge is 2.36. The summed E-state index contributed by atoms with van der Waals surface area (Å²) in [6.07, 6.45) is 0.574. The second-order valence-electron chi connectivity index (χ2n) is 7.06. The molecule has 0 amide bonds. The molecule has 0 aromatic heterocycles. The van der Waals surface area contributed by atoms with E-state index in [1.54, 1.807) is 48.5 Å². The van der Waals surface area contributed by atoms with Gasteiger partial charge >= 0.3 is 0 Å². The van der Waals surface area contributed by atoms with E-state index in [2.05, 4.69) is 4.72 Å². The Bertz CT molecular complexity index is 1230. The van der Waals surface area contributed by atoms with E-state index in [0.717, 1.165) is 11.1 Å². The Balaban J connectivity index is 1.69. The van der Waals surface area contributed by atoms with Gasteiger partial charge in [0.15, 0.2) is 0 Å². The molecule has 1 N–H and O–H groups in total. The van der Waals surface area contributed by atoms with Gasteiger partial charge in [0.05, 0.1) is 15.8 Å². The van der Waals surface area contributed by atoms with E-state index in [1.165, 1.54) is 16.4 Å². The minimum absolute atomic E-state index is 0.0553. The van der Waals surface area contributed by atoms with E-state index >= 15 is 0 Å². The molecule has 0 saturated heterocycles. The SMILES string of the molecule is O=S(=O)(NC[C@H]1c2ccccc2CCN1S(=O)(=O)c1ccccc1)c1ccccc1. The third-order valence-corrected chi connectivity index (χ3v) is 8.60. The van der Waals surface area contributed by atoms with Crippen LogP contribution < -0.4 is 4.72 Å². The van der Waals surface area contributed by atoms with E-state index in [0.29, 0.717) is 6.42 Å². The topological polar surface area (TPSA) is 83.6 Å². The summed E-state index contributed by atoms with van der Waals surface area (Å²) < 4.78 is 56.2. The number of hydrogen-bond acceptors (Lipinski definition) is 4. The van der Waals surface area contributed by atoms with E-state index in [4.69, 9.17) is 0 Å². The molecule has 0 spiro atoms. The summed E-state index contributed by atoms with van der Waals surface area (Å²) in [7, 11) is -7.55. The fourth-order valence-electron chi connectivity index (χ4n) is 3.73. The maximum absolute atomic E-state index is 13.4. The third kappa shape index (κ3) is 4.04. The van der Waals surface area contributed by atoms with E-state index in [9.17, 15) is 16.8 Å². The molecule has 1 atom stereocenters. The highest BCUT2D eigenvalue weighted by atomic mass is 32.2. The van der Waals surface area contributed by atoms with Gasteiger partial charge in [0, 0.05) is 13.1 Å². The van der Waals surface area contributed by atoms with Crippen molar-refractivity contribution in [2.75, 3.05) is 13.1 Å². The number of hydrogen-bond donors (Lipinski definition) is 1. The van der Waals surface area contributed by atoms with Gasteiger partial charge in [-0.05, 0) is 41.8 Å². The minimum atomic E-state index is -3.79. The van der Waals surface area contributed by atoms with Crippen LogP contribution in [0.1, 0.15) is 17.2 Å². The van der Waals surface area contributed by atoms with Gasteiger partial charge in [-0.25, -0.2) is 21.6 Å². The van der Waals surface area contributed by atoms with E-state index in [1.807, 2.05) is 24.3 Å². The van der Waals surface area contributed by atoms with E-state index in [-0.39, 0.29) is 22.9 Å². The molecule has 1 aliphatic heterocycles. The molecule has 1 aliphatic rings. The molecular weight excluding hydrogens is 420 g/mol. The zero-order chi connectivity index (χ0) is 21.2. The predicted octanol–water partition coefficient (Wildman–Crippen LogP) is 2.95.